The molecule has 6 atom stereocenters. The number of phosphoric ester groups is 2. The lowest BCUT2D eigenvalue weighted by atomic mass is 10.1. The van der Waals surface area contributed by atoms with Crippen molar-refractivity contribution in [2.45, 2.75) is 57.7 Å². The van der Waals surface area contributed by atoms with E-state index in [0.717, 1.165) is 12.8 Å². The Labute approximate surface area is 158 Å². The molecule has 0 aromatic carbocycles. The first-order valence-corrected chi connectivity index (χ1v) is 11.9. The molecule has 13 heteroatoms. The van der Waals surface area contributed by atoms with E-state index < -0.39 is 46.9 Å². The van der Waals surface area contributed by atoms with E-state index >= 15 is 0 Å². The van der Waals surface area contributed by atoms with Crippen LogP contribution in [0.4, 0.5) is 0 Å². The van der Waals surface area contributed by atoms with Gasteiger partial charge in [0.2, 0.25) is 0 Å². The lowest BCUT2D eigenvalue weighted by Gasteiger charge is -2.29. The Morgan fingerprint density at radius 2 is 1.70 bits per heavy atom. The molecule has 2 heterocycles. The van der Waals surface area contributed by atoms with E-state index in [1.54, 1.807) is 13.8 Å². The fourth-order valence-electron chi connectivity index (χ4n) is 2.77. The van der Waals surface area contributed by atoms with Gasteiger partial charge in [-0.25, -0.2) is 9.13 Å². The second-order valence-corrected chi connectivity index (χ2v) is 8.84. The summed E-state index contributed by atoms with van der Waals surface area (Å²) in [4.78, 5) is 19.4. The van der Waals surface area contributed by atoms with Crippen LogP contribution in [0, 0.1) is 0 Å². The molecule has 11 nitrogen and oxygen atoms in total. The van der Waals surface area contributed by atoms with Crippen molar-refractivity contribution in [3.05, 3.63) is 0 Å². The maximum absolute atomic E-state index is 12.1. The highest BCUT2D eigenvalue weighted by molar-refractivity contribution is 7.47. The predicted octanol–water partition coefficient (Wildman–Crippen LogP) is 1.97. The molecule has 0 saturated carbocycles. The highest BCUT2D eigenvalue weighted by Gasteiger charge is 2.45. The van der Waals surface area contributed by atoms with Crippen LogP contribution in [0.15, 0.2) is 0 Å². The summed E-state index contributed by atoms with van der Waals surface area (Å²) in [6.07, 6.45) is -0.626. The SMILES string of the molecule is CCOP(=O)(O)OC[C@H]1OC[C@H](OC2CCCCO2)[C@@H]1OP(=O)(O)OCC. The molecule has 0 aromatic rings. The average molecular weight is 434 g/mol. The first-order chi connectivity index (χ1) is 12.8. The van der Waals surface area contributed by atoms with Crippen molar-refractivity contribution in [3.63, 3.8) is 0 Å². The Morgan fingerprint density at radius 3 is 2.33 bits per heavy atom. The van der Waals surface area contributed by atoms with Crippen molar-refractivity contribution in [3.8, 4) is 0 Å². The molecule has 2 aliphatic heterocycles. The van der Waals surface area contributed by atoms with Crippen molar-refractivity contribution in [2.75, 3.05) is 33.0 Å². The zero-order valence-electron chi connectivity index (χ0n) is 15.4. The van der Waals surface area contributed by atoms with Crippen LogP contribution in [0.5, 0.6) is 0 Å². The van der Waals surface area contributed by atoms with E-state index in [9.17, 15) is 18.9 Å². The van der Waals surface area contributed by atoms with Gasteiger partial charge in [-0.3, -0.25) is 18.1 Å². The third-order valence-corrected chi connectivity index (χ3v) is 6.07. The van der Waals surface area contributed by atoms with Crippen molar-refractivity contribution in [1.82, 2.24) is 0 Å². The number of rotatable bonds is 11. The predicted molar refractivity (Wildman–Crippen MR) is 91.9 cm³/mol. The van der Waals surface area contributed by atoms with Crippen LogP contribution in [0.3, 0.4) is 0 Å². The maximum Gasteiger partial charge on any atom is 0.472 e. The number of phosphoric acid groups is 2. The summed E-state index contributed by atoms with van der Waals surface area (Å²) in [5, 5.41) is 0. The molecular weight excluding hydrogens is 406 g/mol. The average Bonchev–Trinajstić information content (AvgIpc) is 2.95. The third kappa shape index (κ3) is 7.79. The summed E-state index contributed by atoms with van der Waals surface area (Å²) in [6, 6.07) is 0. The molecule has 2 aliphatic rings. The van der Waals surface area contributed by atoms with Crippen molar-refractivity contribution in [2.24, 2.45) is 0 Å². The van der Waals surface area contributed by atoms with Gasteiger partial charge < -0.3 is 24.0 Å². The Bertz CT molecular complexity index is 539. The van der Waals surface area contributed by atoms with E-state index in [2.05, 4.69) is 4.52 Å². The standard InChI is InChI=1S/C14H28O11P2/c1-3-21-26(15,16)23-10-11-14(25-27(17,18)22-4-2)12(9-20-11)24-13-7-5-6-8-19-13/h11-14H,3-10H2,1-2H3,(H,15,16)(H,17,18)/t11-,12+,13?,14-/m1/s1. The summed E-state index contributed by atoms with van der Waals surface area (Å²) in [5.41, 5.74) is 0. The molecule has 27 heavy (non-hydrogen) atoms. The van der Waals surface area contributed by atoms with Gasteiger partial charge in [0, 0.05) is 6.61 Å². The Morgan fingerprint density at radius 1 is 1.00 bits per heavy atom. The Hall–Kier alpha value is 0.1000. The minimum absolute atomic E-state index is 0.0137. The normalized spacial score (nSPS) is 33.5. The zero-order chi connectivity index (χ0) is 19.9. The molecule has 160 valence electrons. The Balaban J connectivity index is 2.02. The summed E-state index contributed by atoms with van der Waals surface area (Å²) in [6.45, 7) is 3.26. The third-order valence-electron chi connectivity index (χ3n) is 3.91. The quantitative estimate of drug-likeness (QED) is 0.461. The van der Waals surface area contributed by atoms with Crippen molar-refractivity contribution < 1.29 is 51.2 Å². The Kier molecular flexibility index (Phi) is 9.31. The minimum atomic E-state index is -4.37. The van der Waals surface area contributed by atoms with Gasteiger partial charge >= 0.3 is 15.6 Å². The van der Waals surface area contributed by atoms with Gasteiger partial charge in [0.15, 0.2) is 6.29 Å². The molecule has 2 N–H and O–H groups in total. The highest BCUT2D eigenvalue weighted by Crippen LogP contribution is 2.48. The molecule has 2 fully saturated rings. The van der Waals surface area contributed by atoms with Crippen LogP contribution in [0.1, 0.15) is 33.1 Å². The van der Waals surface area contributed by atoms with Crippen molar-refractivity contribution in [1.29, 1.82) is 0 Å². The van der Waals surface area contributed by atoms with Gasteiger partial charge in [0.25, 0.3) is 0 Å². The molecule has 0 spiro atoms. The largest absolute Gasteiger partial charge is 0.472 e. The molecule has 0 aliphatic carbocycles. The number of hydrogen-bond donors (Lipinski definition) is 2. The van der Waals surface area contributed by atoms with Gasteiger partial charge in [0.05, 0.1) is 26.4 Å². The molecule has 0 amide bonds. The van der Waals surface area contributed by atoms with Crippen molar-refractivity contribution >= 4 is 15.6 Å². The summed E-state index contributed by atoms with van der Waals surface area (Å²) < 4.78 is 60.1. The van der Waals surface area contributed by atoms with E-state index in [1.165, 1.54) is 0 Å². The van der Waals surface area contributed by atoms with E-state index in [4.69, 9.17) is 27.8 Å². The highest BCUT2D eigenvalue weighted by atomic mass is 31.2. The summed E-state index contributed by atoms with van der Waals surface area (Å²) in [5.74, 6) is 0. The van der Waals surface area contributed by atoms with Gasteiger partial charge in [-0.05, 0) is 33.1 Å². The van der Waals surface area contributed by atoms with Crippen LogP contribution < -0.4 is 0 Å². The lowest BCUT2D eigenvalue weighted by Crippen LogP contribution is -2.40. The zero-order valence-corrected chi connectivity index (χ0v) is 17.2. The van der Waals surface area contributed by atoms with Gasteiger partial charge in [0.1, 0.15) is 18.3 Å². The number of hydrogen-bond acceptors (Lipinski definition) is 9. The van der Waals surface area contributed by atoms with Crippen LogP contribution in [-0.4, -0.2) is 67.4 Å². The smallest absolute Gasteiger partial charge is 0.370 e. The summed E-state index contributed by atoms with van der Waals surface area (Å²) in [7, 11) is -8.62. The molecule has 0 aromatic heterocycles. The maximum atomic E-state index is 12.1. The van der Waals surface area contributed by atoms with E-state index in [-0.39, 0.29) is 19.8 Å². The monoisotopic (exact) mass is 434 g/mol. The van der Waals surface area contributed by atoms with Crippen LogP contribution in [-0.2, 0) is 41.4 Å². The van der Waals surface area contributed by atoms with Gasteiger partial charge in [-0.2, -0.15) is 0 Å². The second-order valence-electron chi connectivity index (χ2n) is 5.98. The van der Waals surface area contributed by atoms with Gasteiger partial charge in [-0.15, -0.1) is 0 Å². The lowest BCUT2D eigenvalue weighted by molar-refractivity contribution is -0.199. The first kappa shape index (κ1) is 23.4. The molecule has 3 unspecified atom stereocenters. The van der Waals surface area contributed by atoms with Crippen LogP contribution in [0.2, 0.25) is 0 Å². The number of ether oxygens (including phenoxy) is 3. The molecule has 0 bridgehead atoms. The topological polar surface area (TPSA) is 139 Å². The molecule has 2 rings (SSSR count). The first-order valence-electron chi connectivity index (χ1n) is 8.92. The van der Waals surface area contributed by atoms with E-state index in [1.807, 2.05) is 0 Å². The summed E-state index contributed by atoms with van der Waals surface area (Å²) >= 11 is 0. The van der Waals surface area contributed by atoms with Gasteiger partial charge in [-0.1, -0.05) is 0 Å². The molecule has 0 radical (unpaired) electrons. The minimum Gasteiger partial charge on any atom is -0.370 e. The van der Waals surface area contributed by atoms with E-state index in [0.29, 0.717) is 13.0 Å². The fourth-order valence-corrected chi connectivity index (χ4v) is 4.47. The molecule has 2 saturated heterocycles. The second kappa shape index (κ2) is 10.8. The van der Waals surface area contributed by atoms with Crippen LogP contribution >= 0.6 is 15.6 Å². The molecular formula is C14H28O11P2. The fraction of sp³-hybridized carbons (Fsp3) is 1.00. The van der Waals surface area contributed by atoms with Crippen LogP contribution in [0.25, 0.3) is 0 Å².